The molecule has 9 heteroatoms. The number of furan rings is 1. The van der Waals surface area contributed by atoms with Crippen LogP contribution in [-0.2, 0) is 9.59 Å². The molecule has 9 nitrogen and oxygen atoms in total. The van der Waals surface area contributed by atoms with Gasteiger partial charge in [0.25, 0.3) is 5.91 Å². The Balaban J connectivity index is 1.19. The summed E-state index contributed by atoms with van der Waals surface area (Å²) < 4.78 is 7.63. The van der Waals surface area contributed by atoms with Crippen molar-refractivity contribution in [2.24, 2.45) is 0 Å². The van der Waals surface area contributed by atoms with Gasteiger partial charge in [0.05, 0.1) is 22.9 Å². The van der Waals surface area contributed by atoms with E-state index in [4.69, 9.17) is 14.5 Å². The smallest absolute Gasteiger partial charge is 0.328 e. The van der Waals surface area contributed by atoms with Crippen LogP contribution in [-0.4, -0.2) is 38.0 Å². The second kappa shape index (κ2) is 10.5. The molecule has 204 valence electrons. The van der Waals surface area contributed by atoms with Crippen LogP contribution in [0.25, 0.3) is 28.5 Å². The number of aromatic nitrogens is 2. The number of imidazole rings is 1. The lowest BCUT2D eigenvalue weighted by molar-refractivity contribution is -0.131. The molecule has 0 radical (unpaired) electrons. The van der Waals surface area contributed by atoms with Gasteiger partial charge in [0.2, 0.25) is 5.91 Å². The normalized spacial score (nSPS) is 16.7. The van der Waals surface area contributed by atoms with Crippen molar-refractivity contribution in [2.75, 3.05) is 5.32 Å². The summed E-state index contributed by atoms with van der Waals surface area (Å²) in [5.74, 6) is -0.782. The minimum Gasteiger partial charge on any atom is -0.478 e. The minimum atomic E-state index is -1.03. The molecule has 2 fully saturated rings. The number of carboxylic acids is 1. The number of hydrogen-bond acceptors (Lipinski definition) is 5. The van der Waals surface area contributed by atoms with Gasteiger partial charge in [-0.25, -0.2) is 9.78 Å². The Morgan fingerprint density at radius 3 is 2.48 bits per heavy atom. The quantitative estimate of drug-likeness (QED) is 0.243. The first-order valence-electron chi connectivity index (χ1n) is 13.6. The second-order valence-corrected chi connectivity index (χ2v) is 10.6. The molecule has 4 aromatic rings. The number of carboxylic acid groups (broad SMARTS) is 1. The van der Waals surface area contributed by atoms with E-state index in [1.807, 2.05) is 12.1 Å². The number of fused-ring (bicyclic) bond motifs is 1. The minimum absolute atomic E-state index is 0.278. The topological polar surface area (TPSA) is 126 Å². The average molecular weight is 539 g/mol. The van der Waals surface area contributed by atoms with Crippen LogP contribution in [0.5, 0.6) is 0 Å². The zero-order valence-corrected chi connectivity index (χ0v) is 21.9. The molecule has 2 aliphatic carbocycles. The van der Waals surface area contributed by atoms with Crippen molar-refractivity contribution in [1.82, 2.24) is 14.9 Å². The van der Waals surface area contributed by atoms with Crippen LogP contribution in [0.4, 0.5) is 5.69 Å². The van der Waals surface area contributed by atoms with Crippen LogP contribution < -0.4 is 10.6 Å². The molecule has 6 rings (SSSR count). The van der Waals surface area contributed by atoms with Crippen molar-refractivity contribution in [1.29, 1.82) is 0 Å². The number of hydrogen-bond donors (Lipinski definition) is 3. The Bertz CT molecular complexity index is 1590. The highest BCUT2D eigenvalue weighted by molar-refractivity contribution is 6.06. The Kier molecular flexibility index (Phi) is 6.71. The molecule has 2 aliphatic rings. The molecular formula is C31H30N4O5. The third-order valence-electron chi connectivity index (χ3n) is 7.80. The summed E-state index contributed by atoms with van der Waals surface area (Å²) in [6.45, 7) is 0. The van der Waals surface area contributed by atoms with Crippen LogP contribution in [0.1, 0.15) is 66.9 Å². The van der Waals surface area contributed by atoms with Gasteiger partial charge in [-0.05, 0) is 73.7 Å². The third kappa shape index (κ3) is 5.14. The second-order valence-electron chi connectivity index (χ2n) is 10.6. The molecule has 2 heterocycles. The summed E-state index contributed by atoms with van der Waals surface area (Å²) in [5.41, 5.74) is 3.39. The van der Waals surface area contributed by atoms with Crippen LogP contribution >= 0.6 is 0 Å². The van der Waals surface area contributed by atoms with Gasteiger partial charge in [-0.3, -0.25) is 9.59 Å². The standard InChI is InChI=1S/C31H30N4O5/c36-27(37)13-8-20-6-10-23(11-7-20)32-30(39)31(15-16-31)34-29(38)21-9-12-26-25(18-21)33-28(22-14-17-40-19-22)35(26)24-4-2-1-3-5-24/h6-14,17-19,24H,1-5,15-16H2,(H,32,39)(H,34,38)(H,36,37)/b13-8+. The maximum absolute atomic E-state index is 13.3. The van der Waals surface area contributed by atoms with Gasteiger partial charge in [-0.15, -0.1) is 0 Å². The van der Waals surface area contributed by atoms with Gasteiger partial charge < -0.3 is 24.7 Å². The lowest BCUT2D eigenvalue weighted by Gasteiger charge is -2.25. The van der Waals surface area contributed by atoms with Crippen LogP contribution in [0.2, 0.25) is 0 Å². The SMILES string of the molecule is O=C(O)/C=C/c1ccc(NC(=O)C2(NC(=O)c3ccc4c(c3)nc(-c3ccoc3)n4C3CCCCC3)CC2)cc1. The van der Waals surface area contributed by atoms with Crippen molar-refractivity contribution >= 4 is 40.6 Å². The van der Waals surface area contributed by atoms with Crippen LogP contribution in [0, 0.1) is 0 Å². The molecule has 0 unspecified atom stereocenters. The first-order valence-corrected chi connectivity index (χ1v) is 13.6. The molecule has 2 amide bonds. The van der Waals surface area contributed by atoms with Crippen LogP contribution in [0.15, 0.2) is 71.6 Å². The summed E-state index contributed by atoms with van der Waals surface area (Å²) in [4.78, 5) is 42.0. The van der Waals surface area contributed by atoms with Gasteiger partial charge >= 0.3 is 5.97 Å². The predicted octanol–water partition coefficient (Wildman–Crippen LogP) is 5.80. The fourth-order valence-corrected chi connectivity index (χ4v) is 5.46. The summed E-state index contributed by atoms with van der Waals surface area (Å²) >= 11 is 0. The molecule has 0 saturated heterocycles. The fraction of sp³-hybridized carbons (Fsp3) is 0.290. The number of nitrogens with one attached hydrogen (secondary N) is 2. The van der Waals surface area contributed by atoms with E-state index in [0.29, 0.717) is 35.7 Å². The zero-order valence-electron chi connectivity index (χ0n) is 21.9. The maximum Gasteiger partial charge on any atom is 0.328 e. The molecule has 0 bridgehead atoms. The van der Waals surface area contributed by atoms with E-state index in [0.717, 1.165) is 41.3 Å². The molecule has 2 aromatic carbocycles. The number of anilines is 1. The Morgan fingerprint density at radius 2 is 1.80 bits per heavy atom. The monoisotopic (exact) mass is 538 g/mol. The van der Waals surface area contributed by atoms with Gasteiger partial charge in [-0.1, -0.05) is 31.4 Å². The van der Waals surface area contributed by atoms with E-state index < -0.39 is 11.5 Å². The van der Waals surface area contributed by atoms with E-state index in [2.05, 4.69) is 15.2 Å². The molecule has 0 atom stereocenters. The average Bonchev–Trinajstić information content (AvgIpc) is 3.37. The van der Waals surface area contributed by atoms with Gasteiger partial charge in [0.15, 0.2) is 0 Å². The molecule has 40 heavy (non-hydrogen) atoms. The number of nitrogens with zero attached hydrogens (tertiary/aromatic N) is 2. The number of benzene rings is 2. The lowest BCUT2D eigenvalue weighted by atomic mass is 9.95. The molecule has 2 saturated carbocycles. The third-order valence-corrected chi connectivity index (χ3v) is 7.80. The first-order chi connectivity index (χ1) is 19.4. The molecule has 3 N–H and O–H groups in total. The predicted molar refractivity (Wildman–Crippen MR) is 151 cm³/mol. The van der Waals surface area contributed by atoms with Gasteiger partial charge in [0, 0.05) is 23.4 Å². The number of rotatable bonds is 8. The highest BCUT2D eigenvalue weighted by Crippen LogP contribution is 2.38. The van der Waals surface area contributed by atoms with Gasteiger partial charge in [-0.2, -0.15) is 0 Å². The van der Waals surface area contributed by atoms with Crippen molar-refractivity contribution in [3.8, 4) is 11.4 Å². The van der Waals surface area contributed by atoms with E-state index in [-0.39, 0.29) is 11.8 Å². The van der Waals surface area contributed by atoms with Crippen LogP contribution in [0.3, 0.4) is 0 Å². The lowest BCUT2D eigenvalue weighted by Crippen LogP contribution is -2.46. The zero-order chi connectivity index (χ0) is 27.7. The van der Waals surface area contributed by atoms with Gasteiger partial charge in [0.1, 0.15) is 17.6 Å². The van der Waals surface area contributed by atoms with E-state index in [9.17, 15) is 14.4 Å². The number of aliphatic carboxylic acids is 1. The largest absolute Gasteiger partial charge is 0.478 e. The highest BCUT2D eigenvalue weighted by atomic mass is 16.4. The number of amides is 2. The molecular weight excluding hydrogens is 508 g/mol. The Hall–Kier alpha value is -4.66. The van der Waals surface area contributed by atoms with Crippen molar-refractivity contribution in [2.45, 2.75) is 56.5 Å². The van der Waals surface area contributed by atoms with E-state index in [1.165, 1.54) is 25.3 Å². The summed E-state index contributed by atoms with van der Waals surface area (Å²) in [7, 11) is 0. The van der Waals surface area contributed by atoms with E-state index >= 15 is 0 Å². The summed E-state index contributed by atoms with van der Waals surface area (Å²) in [6.07, 6.45) is 12.8. The maximum atomic E-state index is 13.3. The van der Waals surface area contributed by atoms with Crippen molar-refractivity contribution in [3.63, 3.8) is 0 Å². The molecule has 0 aliphatic heterocycles. The molecule has 2 aromatic heterocycles. The van der Waals surface area contributed by atoms with Crippen molar-refractivity contribution in [3.05, 3.63) is 78.3 Å². The highest BCUT2D eigenvalue weighted by Gasteiger charge is 2.51. The Morgan fingerprint density at radius 1 is 1.02 bits per heavy atom. The number of carbonyl (C=O) groups is 3. The van der Waals surface area contributed by atoms with E-state index in [1.54, 1.807) is 48.9 Å². The summed E-state index contributed by atoms with van der Waals surface area (Å²) in [5, 5.41) is 14.6. The molecule has 0 spiro atoms. The summed E-state index contributed by atoms with van der Waals surface area (Å²) in [6, 6.07) is 14.6. The first kappa shape index (κ1) is 25.6. The Labute approximate surface area is 230 Å². The van der Waals surface area contributed by atoms with Crippen molar-refractivity contribution < 1.29 is 23.9 Å². The fourth-order valence-electron chi connectivity index (χ4n) is 5.46. The number of carbonyl (C=O) groups excluding carboxylic acids is 2.